The number of hydrogen-bond donors (Lipinski definition) is 2. The van der Waals surface area contributed by atoms with Crippen molar-refractivity contribution in [3.05, 3.63) is 65.7 Å². The SMILES string of the molecule is C[C@H](/C=C/CC(=O)N1CCC[C@H]1CO)[C@@]1(O)C(=O)N(Cc2ccc(N3CCC3=O)cc2)c2ccc(N3CCC3=O)cc21. The van der Waals surface area contributed by atoms with E-state index >= 15 is 0 Å². The Morgan fingerprint density at radius 1 is 1.00 bits per heavy atom. The Labute approximate surface area is 244 Å². The Hall–Kier alpha value is -4.02. The van der Waals surface area contributed by atoms with Gasteiger partial charge in [0.05, 0.1) is 24.9 Å². The minimum Gasteiger partial charge on any atom is -0.394 e. The molecule has 4 amide bonds. The van der Waals surface area contributed by atoms with E-state index in [0.29, 0.717) is 49.4 Å². The molecule has 3 saturated heterocycles. The zero-order chi connectivity index (χ0) is 29.6. The molecule has 10 heteroatoms. The van der Waals surface area contributed by atoms with Gasteiger partial charge in [0.15, 0.2) is 5.60 Å². The number of aliphatic hydroxyl groups is 2. The number of rotatable bonds is 9. The highest BCUT2D eigenvalue weighted by Crippen LogP contribution is 2.47. The van der Waals surface area contributed by atoms with Crippen LogP contribution in [-0.2, 0) is 31.3 Å². The van der Waals surface area contributed by atoms with Gasteiger partial charge in [-0.1, -0.05) is 31.2 Å². The average molecular weight is 573 g/mol. The van der Waals surface area contributed by atoms with Crippen LogP contribution in [0.2, 0.25) is 0 Å². The zero-order valence-corrected chi connectivity index (χ0v) is 23.7. The number of fused-ring (bicyclic) bond motifs is 1. The van der Waals surface area contributed by atoms with Crippen molar-refractivity contribution in [3.63, 3.8) is 0 Å². The molecule has 0 spiro atoms. The van der Waals surface area contributed by atoms with E-state index in [0.717, 1.165) is 24.1 Å². The van der Waals surface area contributed by atoms with Crippen molar-refractivity contribution >= 4 is 40.7 Å². The number of nitrogens with zero attached hydrogens (tertiary/aromatic N) is 4. The highest BCUT2D eigenvalue weighted by molar-refractivity contribution is 6.08. The third-order valence-corrected chi connectivity index (χ3v) is 9.14. The summed E-state index contributed by atoms with van der Waals surface area (Å²) in [6.07, 6.45) is 6.15. The molecule has 42 heavy (non-hydrogen) atoms. The molecule has 4 heterocycles. The third kappa shape index (κ3) is 4.68. The van der Waals surface area contributed by atoms with Gasteiger partial charge >= 0.3 is 0 Å². The van der Waals surface area contributed by atoms with Crippen LogP contribution < -0.4 is 14.7 Å². The summed E-state index contributed by atoms with van der Waals surface area (Å²) in [7, 11) is 0. The highest BCUT2D eigenvalue weighted by atomic mass is 16.3. The molecule has 6 rings (SSSR count). The molecule has 2 aromatic rings. The molecule has 0 saturated carbocycles. The van der Waals surface area contributed by atoms with E-state index in [1.54, 1.807) is 56.9 Å². The van der Waals surface area contributed by atoms with Crippen LogP contribution in [0, 0.1) is 5.92 Å². The van der Waals surface area contributed by atoms with Crippen molar-refractivity contribution in [3.8, 4) is 0 Å². The van der Waals surface area contributed by atoms with Crippen molar-refractivity contribution in [2.75, 3.05) is 40.9 Å². The van der Waals surface area contributed by atoms with Crippen LogP contribution >= 0.6 is 0 Å². The molecular formula is C32H36N4O6. The second-order valence-electron chi connectivity index (χ2n) is 11.6. The number of amides is 4. The highest BCUT2D eigenvalue weighted by Gasteiger charge is 2.53. The standard InChI is InChI=1S/C32H36N4O6/c1-21(4-2-6-28(38)33-15-3-5-25(33)20-37)32(42)26-18-24(35-17-14-30(35)40)11-12-27(26)36(31(32)41)19-22-7-9-23(10-8-22)34-16-13-29(34)39/h2,4,7-12,18,21,25,37,42H,3,5-6,13-17,19-20H2,1H3/b4-2+/t21-,25+,32+/m1/s1. The minimum atomic E-state index is -1.90. The van der Waals surface area contributed by atoms with Gasteiger partial charge in [-0.05, 0) is 48.7 Å². The molecule has 4 aliphatic rings. The monoisotopic (exact) mass is 572 g/mol. The van der Waals surface area contributed by atoms with Crippen LogP contribution in [0.25, 0.3) is 0 Å². The molecule has 2 N–H and O–H groups in total. The Morgan fingerprint density at radius 2 is 1.67 bits per heavy atom. The quantitative estimate of drug-likeness (QED) is 0.352. The van der Waals surface area contributed by atoms with E-state index in [4.69, 9.17) is 0 Å². The Kier molecular flexibility index (Phi) is 7.36. The van der Waals surface area contributed by atoms with Gasteiger partial charge in [-0.2, -0.15) is 0 Å². The first kappa shape index (κ1) is 28.1. The Morgan fingerprint density at radius 3 is 2.29 bits per heavy atom. The fourth-order valence-electron chi connectivity index (χ4n) is 6.38. The molecule has 2 aromatic carbocycles. The molecule has 3 atom stereocenters. The number of likely N-dealkylation sites (tertiary alicyclic amines) is 1. The first-order valence-electron chi connectivity index (χ1n) is 14.7. The summed E-state index contributed by atoms with van der Waals surface area (Å²) in [5.41, 5.74) is 1.39. The van der Waals surface area contributed by atoms with Gasteiger partial charge in [0.2, 0.25) is 17.7 Å². The average Bonchev–Trinajstić information content (AvgIpc) is 3.54. The number of anilines is 3. The van der Waals surface area contributed by atoms with Crippen LogP contribution in [-0.4, -0.2) is 71.0 Å². The molecular weight excluding hydrogens is 536 g/mol. The van der Waals surface area contributed by atoms with Crippen LogP contribution in [0.4, 0.5) is 17.1 Å². The maximum absolute atomic E-state index is 14.0. The number of aliphatic hydroxyl groups excluding tert-OH is 1. The third-order valence-electron chi connectivity index (χ3n) is 9.14. The van der Waals surface area contributed by atoms with E-state index in [1.807, 2.05) is 24.3 Å². The fourth-order valence-corrected chi connectivity index (χ4v) is 6.38. The topological polar surface area (TPSA) is 122 Å². The normalized spacial score (nSPS) is 24.4. The van der Waals surface area contributed by atoms with Crippen molar-refractivity contribution < 1.29 is 29.4 Å². The predicted octanol–water partition coefficient (Wildman–Crippen LogP) is 2.46. The summed E-state index contributed by atoms with van der Waals surface area (Å²) in [5, 5.41) is 21.7. The van der Waals surface area contributed by atoms with Crippen molar-refractivity contribution in [2.24, 2.45) is 5.92 Å². The lowest BCUT2D eigenvalue weighted by Crippen LogP contribution is -2.45. The largest absolute Gasteiger partial charge is 0.394 e. The number of hydrogen-bond acceptors (Lipinski definition) is 6. The van der Waals surface area contributed by atoms with E-state index in [-0.39, 0.29) is 43.3 Å². The first-order valence-corrected chi connectivity index (χ1v) is 14.7. The first-order chi connectivity index (χ1) is 20.2. The summed E-state index contributed by atoms with van der Waals surface area (Å²) in [6.45, 7) is 3.81. The Balaban J connectivity index is 1.25. The molecule has 0 radical (unpaired) electrons. The van der Waals surface area contributed by atoms with E-state index in [1.165, 1.54) is 0 Å². The molecule has 0 unspecified atom stereocenters. The van der Waals surface area contributed by atoms with Crippen LogP contribution in [0.15, 0.2) is 54.6 Å². The second kappa shape index (κ2) is 11.0. The minimum absolute atomic E-state index is 0.00463. The van der Waals surface area contributed by atoms with Crippen molar-refractivity contribution in [1.29, 1.82) is 0 Å². The van der Waals surface area contributed by atoms with E-state index in [9.17, 15) is 29.4 Å². The fraction of sp³-hybridized carbons (Fsp3) is 0.438. The van der Waals surface area contributed by atoms with Gasteiger partial charge in [0.1, 0.15) is 0 Å². The van der Waals surface area contributed by atoms with Gasteiger partial charge in [0.25, 0.3) is 5.91 Å². The lowest BCUT2D eigenvalue weighted by Gasteiger charge is -2.32. The molecule has 0 bridgehead atoms. The Bertz CT molecular complexity index is 1460. The van der Waals surface area contributed by atoms with Gasteiger partial charge < -0.3 is 29.8 Å². The van der Waals surface area contributed by atoms with Crippen molar-refractivity contribution in [1.82, 2.24) is 4.90 Å². The summed E-state index contributed by atoms with van der Waals surface area (Å²) in [4.78, 5) is 57.4. The van der Waals surface area contributed by atoms with Gasteiger partial charge in [-0.25, -0.2) is 0 Å². The van der Waals surface area contributed by atoms with Crippen LogP contribution in [0.3, 0.4) is 0 Å². The number of benzene rings is 2. The summed E-state index contributed by atoms with van der Waals surface area (Å²) >= 11 is 0. The zero-order valence-electron chi connectivity index (χ0n) is 23.7. The second-order valence-corrected chi connectivity index (χ2v) is 11.6. The smallest absolute Gasteiger partial charge is 0.264 e. The van der Waals surface area contributed by atoms with Crippen LogP contribution in [0.5, 0.6) is 0 Å². The molecule has 3 fully saturated rings. The van der Waals surface area contributed by atoms with Gasteiger partial charge in [-0.3, -0.25) is 19.2 Å². The number of carbonyl (C=O) groups is 4. The maximum atomic E-state index is 14.0. The van der Waals surface area contributed by atoms with E-state index < -0.39 is 17.4 Å². The predicted molar refractivity (Wildman–Crippen MR) is 157 cm³/mol. The molecule has 10 nitrogen and oxygen atoms in total. The van der Waals surface area contributed by atoms with Gasteiger partial charge in [0, 0.05) is 61.8 Å². The van der Waals surface area contributed by atoms with Gasteiger partial charge in [-0.15, -0.1) is 0 Å². The summed E-state index contributed by atoms with van der Waals surface area (Å²) in [6, 6.07) is 12.6. The molecule has 220 valence electrons. The summed E-state index contributed by atoms with van der Waals surface area (Å²) in [5.74, 6) is -1.16. The molecule has 0 aromatic heterocycles. The lowest BCUT2D eigenvalue weighted by molar-refractivity contribution is -0.139. The number of carbonyl (C=O) groups excluding carboxylic acids is 4. The summed E-state index contributed by atoms with van der Waals surface area (Å²) < 4.78 is 0. The van der Waals surface area contributed by atoms with Crippen molar-refractivity contribution in [2.45, 2.75) is 57.2 Å². The maximum Gasteiger partial charge on any atom is 0.264 e. The van der Waals surface area contributed by atoms with Crippen LogP contribution in [0.1, 0.15) is 50.2 Å². The van der Waals surface area contributed by atoms with E-state index in [2.05, 4.69) is 0 Å². The number of β-lactam (4-membered cyclic amide) rings is 2. The molecule has 4 aliphatic heterocycles. The lowest BCUT2D eigenvalue weighted by atomic mass is 9.82. The molecule has 0 aliphatic carbocycles.